The molecular formula is C26H21ClN4O3. The van der Waals surface area contributed by atoms with Gasteiger partial charge in [0.2, 0.25) is 11.7 Å². The first-order valence-electron chi connectivity index (χ1n) is 10.7. The van der Waals surface area contributed by atoms with E-state index in [1.54, 1.807) is 22.8 Å². The van der Waals surface area contributed by atoms with Gasteiger partial charge in [-0.25, -0.2) is 9.38 Å². The van der Waals surface area contributed by atoms with Gasteiger partial charge in [-0.2, -0.15) is 0 Å². The number of anilines is 1. The summed E-state index contributed by atoms with van der Waals surface area (Å²) in [6, 6.07) is 21.7. The Balaban J connectivity index is 1.62. The van der Waals surface area contributed by atoms with E-state index in [0.29, 0.717) is 33.4 Å². The standard InChI is InChI=1S/C26H21ClN4O3/c1-16-7-9-17(10-8-16)19-14-25(33)31-22-6-4-3-5-21(22)30(26(31)29-19)15-24(32)28-20-13-18(27)11-12-23(20)34-2/h3-14H,15H2,1-2H3,(H,28,32). The van der Waals surface area contributed by atoms with E-state index in [9.17, 15) is 9.59 Å². The molecule has 0 aliphatic carbocycles. The Morgan fingerprint density at radius 3 is 2.50 bits per heavy atom. The van der Waals surface area contributed by atoms with E-state index < -0.39 is 0 Å². The summed E-state index contributed by atoms with van der Waals surface area (Å²) in [6.45, 7) is 1.94. The summed E-state index contributed by atoms with van der Waals surface area (Å²) < 4.78 is 8.59. The average Bonchev–Trinajstić information content (AvgIpc) is 3.13. The van der Waals surface area contributed by atoms with Crippen molar-refractivity contribution in [1.82, 2.24) is 14.0 Å². The van der Waals surface area contributed by atoms with E-state index in [1.807, 2.05) is 55.5 Å². The van der Waals surface area contributed by atoms with Crippen molar-refractivity contribution in [2.24, 2.45) is 0 Å². The quantitative estimate of drug-likeness (QED) is 0.393. The number of hydrogen-bond acceptors (Lipinski definition) is 4. The maximum atomic E-state index is 13.1. The van der Waals surface area contributed by atoms with Crippen LogP contribution in [0.1, 0.15) is 5.56 Å². The molecule has 1 amide bonds. The first-order chi connectivity index (χ1) is 16.4. The molecule has 3 aromatic carbocycles. The second-order valence-electron chi connectivity index (χ2n) is 7.95. The number of amides is 1. The molecule has 0 radical (unpaired) electrons. The predicted molar refractivity (Wildman–Crippen MR) is 134 cm³/mol. The van der Waals surface area contributed by atoms with Crippen LogP contribution in [0.15, 0.2) is 77.6 Å². The molecule has 7 nitrogen and oxygen atoms in total. The number of rotatable bonds is 5. The number of aryl methyl sites for hydroxylation is 1. The highest BCUT2D eigenvalue weighted by Crippen LogP contribution is 2.28. The van der Waals surface area contributed by atoms with Crippen molar-refractivity contribution in [3.8, 4) is 17.0 Å². The molecule has 0 aliphatic rings. The van der Waals surface area contributed by atoms with Crippen LogP contribution < -0.4 is 15.6 Å². The first kappa shape index (κ1) is 21.7. The normalized spacial score (nSPS) is 11.1. The lowest BCUT2D eigenvalue weighted by molar-refractivity contribution is -0.116. The predicted octanol–water partition coefficient (Wildman–Crippen LogP) is 4.93. The summed E-state index contributed by atoms with van der Waals surface area (Å²) in [5.41, 5.74) is 4.14. The molecule has 0 bridgehead atoms. The number of hydrogen-bond donors (Lipinski definition) is 1. The Kier molecular flexibility index (Phi) is 5.55. The van der Waals surface area contributed by atoms with Gasteiger partial charge in [0.1, 0.15) is 12.3 Å². The van der Waals surface area contributed by atoms with Crippen molar-refractivity contribution in [2.75, 3.05) is 12.4 Å². The molecule has 0 saturated heterocycles. The van der Waals surface area contributed by atoms with Crippen LogP contribution in [0.4, 0.5) is 5.69 Å². The van der Waals surface area contributed by atoms with Crippen LogP contribution in [-0.2, 0) is 11.3 Å². The number of para-hydroxylation sites is 2. The minimum absolute atomic E-state index is 0.0591. The van der Waals surface area contributed by atoms with Gasteiger partial charge in [0.25, 0.3) is 5.56 Å². The van der Waals surface area contributed by atoms with Gasteiger partial charge in [0.15, 0.2) is 0 Å². The summed E-state index contributed by atoms with van der Waals surface area (Å²) in [5.74, 6) is 0.576. The third-order valence-electron chi connectivity index (χ3n) is 5.64. The van der Waals surface area contributed by atoms with E-state index >= 15 is 0 Å². The fraction of sp³-hybridized carbons (Fsp3) is 0.115. The Hall–Kier alpha value is -4.10. The largest absolute Gasteiger partial charge is 0.495 e. The Morgan fingerprint density at radius 2 is 1.76 bits per heavy atom. The molecule has 34 heavy (non-hydrogen) atoms. The number of benzene rings is 3. The van der Waals surface area contributed by atoms with Crippen LogP contribution in [0.25, 0.3) is 28.1 Å². The smallest absolute Gasteiger partial charge is 0.260 e. The van der Waals surface area contributed by atoms with Crippen LogP contribution in [0.2, 0.25) is 5.02 Å². The number of imidazole rings is 1. The molecule has 2 aromatic heterocycles. The number of nitrogens with one attached hydrogen (secondary N) is 1. The number of halogens is 1. The molecule has 0 aliphatic heterocycles. The molecule has 170 valence electrons. The second kappa shape index (κ2) is 8.68. The fourth-order valence-corrected chi connectivity index (χ4v) is 4.18. The highest BCUT2D eigenvalue weighted by atomic mass is 35.5. The van der Waals surface area contributed by atoms with E-state index in [1.165, 1.54) is 17.6 Å². The monoisotopic (exact) mass is 472 g/mol. The second-order valence-corrected chi connectivity index (χ2v) is 8.39. The maximum Gasteiger partial charge on any atom is 0.260 e. The number of carbonyl (C=O) groups excluding carboxylic acids is 1. The molecule has 5 rings (SSSR count). The average molecular weight is 473 g/mol. The van der Waals surface area contributed by atoms with Gasteiger partial charge in [0, 0.05) is 16.7 Å². The van der Waals surface area contributed by atoms with Crippen molar-refractivity contribution >= 4 is 40.0 Å². The minimum atomic E-state index is -0.307. The minimum Gasteiger partial charge on any atom is -0.495 e. The molecule has 2 heterocycles. The van der Waals surface area contributed by atoms with Gasteiger partial charge in [0.05, 0.1) is 29.5 Å². The molecule has 0 atom stereocenters. The van der Waals surface area contributed by atoms with E-state index in [0.717, 1.165) is 16.6 Å². The lowest BCUT2D eigenvalue weighted by Crippen LogP contribution is -2.21. The van der Waals surface area contributed by atoms with Crippen LogP contribution >= 0.6 is 11.6 Å². The zero-order chi connectivity index (χ0) is 23.8. The van der Waals surface area contributed by atoms with Gasteiger partial charge in [-0.15, -0.1) is 0 Å². The van der Waals surface area contributed by atoms with Crippen molar-refractivity contribution < 1.29 is 9.53 Å². The number of methoxy groups -OCH3 is 1. The van der Waals surface area contributed by atoms with Crippen molar-refractivity contribution in [1.29, 1.82) is 0 Å². The summed E-state index contributed by atoms with van der Waals surface area (Å²) in [6.07, 6.45) is 0. The molecule has 5 aromatic rings. The summed E-state index contributed by atoms with van der Waals surface area (Å²) in [4.78, 5) is 31.0. The van der Waals surface area contributed by atoms with Crippen LogP contribution in [0.5, 0.6) is 5.75 Å². The molecule has 0 unspecified atom stereocenters. The molecular weight excluding hydrogens is 452 g/mol. The number of fused-ring (bicyclic) bond motifs is 3. The maximum absolute atomic E-state index is 13.1. The van der Waals surface area contributed by atoms with Gasteiger partial charge in [-0.1, -0.05) is 53.6 Å². The van der Waals surface area contributed by atoms with Gasteiger partial charge < -0.3 is 14.6 Å². The van der Waals surface area contributed by atoms with Gasteiger partial charge in [-0.3, -0.25) is 9.59 Å². The zero-order valence-corrected chi connectivity index (χ0v) is 19.3. The number of ether oxygens (including phenoxy) is 1. The SMILES string of the molecule is COc1ccc(Cl)cc1NC(=O)Cn1c2ccccc2n2c(=O)cc(-c3ccc(C)cc3)nc12. The number of aromatic nitrogens is 3. The molecule has 0 saturated carbocycles. The molecule has 8 heteroatoms. The number of carbonyl (C=O) groups is 1. The lowest BCUT2D eigenvalue weighted by atomic mass is 10.1. The molecule has 0 fully saturated rings. The van der Waals surface area contributed by atoms with Crippen molar-refractivity contribution in [2.45, 2.75) is 13.5 Å². The Bertz CT molecular complexity index is 1600. The fourth-order valence-electron chi connectivity index (χ4n) is 4.01. The first-order valence-corrected chi connectivity index (χ1v) is 11.0. The summed E-state index contributed by atoms with van der Waals surface area (Å²) in [7, 11) is 1.52. The van der Waals surface area contributed by atoms with Crippen LogP contribution in [0.3, 0.4) is 0 Å². The van der Waals surface area contributed by atoms with Crippen molar-refractivity contribution in [3.63, 3.8) is 0 Å². The zero-order valence-electron chi connectivity index (χ0n) is 18.6. The van der Waals surface area contributed by atoms with Gasteiger partial charge >= 0.3 is 0 Å². The highest BCUT2D eigenvalue weighted by molar-refractivity contribution is 6.31. The highest BCUT2D eigenvalue weighted by Gasteiger charge is 2.18. The van der Waals surface area contributed by atoms with E-state index in [4.69, 9.17) is 21.3 Å². The van der Waals surface area contributed by atoms with E-state index in [2.05, 4.69) is 5.32 Å². The Morgan fingerprint density at radius 1 is 1.03 bits per heavy atom. The third kappa shape index (κ3) is 3.91. The molecule has 0 spiro atoms. The topological polar surface area (TPSA) is 77.6 Å². The van der Waals surface area contributed by atoms with Crippen LogP contribution in [0, 0.1) is 6.92 Å². The number of nitrogens with zero attached hydrogens (tertiary/aromatic N) is 3. The summed E-state index contributed by atoms with van der Waals surface area (Å²) >= 11 is 6.10. The summed E-state index contributed by atoms with van der Waals surface area (Å²) in [5, 5.41) is 3.33. The van der Waals surface area contributed by atoms with E-state index in [-0.39, 0.29) is 18.0 Å². The Labute approximate surface area is 200 Å². The third-order valence-corrected chi connectivity index (χ3v) is 5.88. The van der Waals surface area contributed by atoms with Gasteiger partial charge in [-0.05, 0) is 37.3 Å². The van der Waals surface area contributed by atoms with Crippen molar-refractivity contribution in [3.05, 3.63) is 93.7 Å². The lowest BCUT2D eigenvalue weighted by Gasteiger charge is -2.12. The molecule has 1 N–H and O–H groups in total. The van der Waals surface area contributed by atoms with Crippen LogP contribution in [-0.4, -0.2) is 27.0 Å².